The van der Waals surface area contributed by atoms with Gasteiger partial charge in [-0.1, -0.05) is 26.7 Å². The van der Waals surface area contributed by atoms with E-state index >= 15 is 0 Å². The highest BCUT2D eigenvalue weighted by atomic mass is 35.5. The van der Waals surface area contributed by atoms with Gasteiger partial charge in [-0.3, -0.25) is 0 Å². The maximum absolute atomic E-state index is 12.8. The van der Waals surface area contributed by atoms with Crippen molar-refractivity contribution in [3.63, 3.8) is 0 Å². The highest BCUT2D eigenvalue weighted by Crippen LogP contribution is 2.39. The summed E-state index contributed by atoms with van der Waals surface area (Å²) >= 11 is 5.64. The van der Waals surface area contributed by atoms with Crippen molar-refractivity contribution in [1.29, 1.82) is 0 Å². The summed E-state index contributed by atoms with van der Waals surface area (Å²) in [7, 11) is 0. The van der Waals surface area contributed by atoms with E-state index in [9.17, 15) is 13.2 Å². The molecule has 1 aliphatic heterocycles. The Morgan fingerprint density at radius 1 is 1.19 bits per heavy atom. The van der Waals surface area contributed by atoms with Crippen LogP contribution in [-0.4, -0.2) is 23.1 Å². The molecular formula is C14H19ClF3N3. The molecule has 0 saturated carbocycles. The Balaban J connectivity index is 2.19. The van der Waals surface area contributed by atoms with Crippen LogP contribution in [0.15, 0.2) is 6.07 Å². The lowest BCUT2D eigenvalue weighted by Crippen LogP contribution is -2.40. The van der Waals surface area contributed by atoms with Gasteiger partial charge in [0, 0.05) is 19.2 Å². The zero-order chi connectivity index (χ0) is 15.7. The van der Waals surface area contributed by atoms with Gasteiger partial charge in [0.15, 0.2) is 5.69 Å². The van der Waals surface area contributed by atoms with Crippen LogP contribution in [0.1, 0.15) is 45.2 Å². The van der Waals surface area contributed by atoms with Crippen LogP contribution in [0.2, 0.25) is 5.28 Å². The fourth-order valence-electron chi connectivity index (χ4n) is 2.88. The monoisotopic (exact) mass is 321 g/mol. The summed E-state index contributed by atoms with van der Waals surface area (Å²) < 4.78 is 38.3. The van der Waals surface area contributed by atoms with E-state index in [1.165, 1.54) is 0 Å². The van der Waals surface area contributed by atoms with Gasteiger partial charge in [0.2, 0.25) is 5.28 Å². The van der Waals surface area contributed by atoms with Gasteiger partial charge in [-0.15, -0.1) is 0 Å². The lowest BCUT2D eigenvalue weighted by atomic mass is 9.74. The highest BCUT2D eigenvalue weighted by molar-refractivity contribution is 6.28. The molecular weight excluding hydrogens is 303 g/mol. The van der Waals surface area contributed by atoms with Crippen molar-refractivity contribution in [2.45, 2.75) is 45.7 Å². The Morgan fingerprint density at radius 2 is 1.76 bits per heavy atom. The van der Waals surface area contributed by atoms with E-state index in [2.05, 4.69) is 23.8 Å². The largest absolute Gasteiger partial charge is 0.433 e. The van der Waals surface area contributed by atoms with Crippen LogP contribution in [0.4, 0.5) is 19.0 Å². The summed E-state index contributed by atoms with van der Waals surface area (Å²) in [5.74, 6) is 0.267. The molecule has 0 amide bonds. The summed E-state index contributed by atoms with van der Waals surface area (Å²) in [6.07, 6.45) is -0.398. The lowest BCUT2D eigenvalue weighted by molar-refractivity contribution is -0.141. The van der Waals surface area contributed by atoms with E-state index in [0.717, 1.165) is 31.7 Å². The van der Waals surface area contributed by atoms with Crippen molar-refractivity contribution in [3.05, 3.63) is 17.0 Å². The molecule has 0 atom stereocenters. The first-order valence-electron chi connectivity index (χ1n) is 7.16. The van der Waals surface area contributed by atoms with Crippen molar-refractivity contribution in [2.24, 2.45) is 5.41 Å². The van der Waals surface area contributed by atoms with Crippen molar-refractivity contribution in [2.75, 3.05) is 18.0 Å². The highest BCUT2D eigenvalue weighted by Gasteiger charge is 2.36. The molecule has 1 aromatic rings. The number of alkyl halides is 3. The molecule has 2 rings (SSSR count). The van der Waals surface area contributed by atoms with Crippen LogP contribution in [0.3, 0.4) is 0 Å². The standard InChI is InChI=1S/C14H19ClF3N3/c1-3-13(4-2)5-7-21(8-6-13)11-9-10(14(16,17)18)19-12(15)20-11/h9H,3-8H2,1-2H3. The molecule has 21 heavy (non-hydrogen) atoms. The molecule has 3 nitrogen and oxygen atoms in total. The SMILES string of the molecule is CCC1(CC)CCN(c2cc(C(F)(F)F)nc(Cl)n2)CC1. The van der Waals surface area contributed by atoms with Gasteiger partial charge in [0.1, 0.15) is 5.82 Å². The van der Waals surface area contributed by atoms with Crippen LogP contribution in [0.25, 0.3) is 0 Å². The number of nitrogens with zero attached hydrogens (tertiary/aromatic N) is 3. The number of aromatic nitrogens is 2. The number of halogens is 4. The Labute approximate surface area is 127 Å². The minimum atomic E-state index is -4.51. The smallest absolute Gasteiger partial charge is 0.356 e. The minimum Gasteiger partial charge on any atom is -0.356 e. The maximum Gasteiger partial charge on any atom is 0.433 e. The second kappa shape index (κ2) is 5.99. The number of hydrogen-bond acceptors (Lipinski definition) is 3. The topological polar surface area (TPSA) is 29.0 Å². The van der Waals surface area contributed by atoms with Crippen LogP contribution < -0.4 is 4.90 Å². The summed E-state index contributed by atoms with van der Waals surface area (Å²) in [4.78, 5) is 9.08. The maximum atomic E-state index is 12.8. The van der Waals surface area contributed by atoms with Crippen LogP contribution in [0.5, 0.6) is 0 Å². The normalized spacial score (nSPS) is 18.9. The third-order valence-electron chi connectivity index (χ3n) is 4.62. The molecule has 0 aliphatic carbocycles. The van der Waals surface area contributed by atoms with Gasteiger partial charge in [-0.25, -0.2) is 9.97 Å². The first-order chi connectivity index (χ1) is 9.79. The molecule has 2 heterocycles. The van der Waals surface area contributed by atoms with Crippen molar-refractivity contribution >= 4 is 17.4 Å². The fourth-order valence-corrected chi connectivity index (χ4v) is 3.06. The van der Waals surface area contributed by atoms with Crippen molar-refractivity contribution in [3.8, 4) is 0 Å². The second-order valence-electron chi connectivity index (χ2n) is 5.57. The van der Waals surface area contributed by atoms with E-state index < -0.39 is 11.9 Å². The molecule has 1 aliphatic rings. The van der Waals surface area contributed by atoms with Crippen LogP contribution in [0, 0.1) is 5.41 Å². The van der Waals surface area contributed by atoms with E-state index in [1.54, 1.807) is 0 Å². The Kier molecular flexibility index (Phi) is 4.66. The summed E-state index contributed by atoms with van der Waals surface area (Å²) in [5, 5.41) is -0.359. The third kappa shape index (κ3) is 3.59. The van der Waals surface area contributed by atoms with E-state index in [-0.39, 0.29) is 11.1 Å². The van der Waals surface area contributed by atoms with E-state index in [0.29, 0.717) is 18.5 Å². The fraction of sp³-hybridized carbons (Fsp3) is 0.714. The Morgan fingerprint density at radius 3 is 2.24 bits per heavy atom. The average Bonchev–Trinajstić information content (AvgIpc) is 2.46. The molecule has 0 N–H and O–H groups in total. The molecule has 0 spiro atoms. The van der Waals surface area contributed by atoms with Crippen molar-refractivity contribution in [1.82, 2.24) is 9.97 Å². The molecule has 0 radical (unpaired) electrons. The predicted octanol–water partition coefficient (Wildman–Crippen LogP) is 4.56. The van der Waals surface area contributed by atoms with Gasteiger partial charge < -0.3 is 4.90 Å². The van der Waals surface area contributed by atoms with E-state index in [1.807, 2.05) is 4.90 Å². The van der Waals surface area contributed by atoms with Crippen LogP contribution in [-0.2, 0) is 6.18 Å². The molecule has 0 bridgehead atoms. The number of piperidine rings is 1. The first-order valence-corrected chi connectivity index (χ1v) is 7.54. The molecule has 1 aromatic heterocycles. The number of anilines is 1. The zero-order valence-corrected chi connectivity index (χ0v) is 12.9. The summed E-state index contributed by atoms with van der Waals surface area (Å²) in [6.45, 7) is 5.74. The first kappa shape index (κ1) is 16.3. The molecule has 1 saturated heterocycles. The van der Waals surface area contributed by atoms with E-state index in [4.69, 9.17) is 11.6 Å². The molecule has 0 unspecified atom stereocenters. The zero-order valence-electron chi connectivity index (χ0n) is 12.2. The Bertz CT molecular complexity index is 491. The minimum absolute atomic E-state index is 0.267. The predicted molar refractivity (Wildman–Crippen MR) is 76.5 cm³/mol. The van der Waals surface area contributed by atoms with Gasteiger partial charge in [0.25, 0.3) is 0 Å². The molecule has 7 heteroatoms. The van der Waals surface area contributed by atoms with Gasteiger partial charge in [-0.05, 0) is 29.9 Å². The van der Waals surface area contributed by atoms with Gasteiger partial charge in [-0.2, -0.15) is 13.2 Å². The van der Waals surface area contributed by atoms with Crippen LogP contribution >= 0.6 is 11.6 Å². The number of rotatable bonds is 3. The molecule has 1 fully saturated rings. The van der Waals surface area contributed by atoms with Gasteiger partial charge >= 0.3 is 6.18 Å². The van der Waals surface area contributed by atoms with Crippen molar-refractivity contribution < 1.29 is 13.2 Å². The van der Waals surface area contributed by atoms with Gasteiger partial charge in [0.05, 0.1) is 0 Å². The average molecular weight is 322 g/mol. The molecule has 118 valence electrons. The second-order valence-corrected chi connectivity index (χ2v) is 5.91. The molecule has 0 aromatic carbocycles. The third-order valence-corrected chi connectivity index (χ3v) is 4.79. The Hall–Kier alpha value is -1.04. The lowest BCUT2D eigenvalue weighted by Gasteiger charge is -2.41. The summed E-state index contributed by atoms with van der Waals surface area (Å²) in [6, 6.07) is 0.983. The number of hydrogen-bond donors (Lipinski definition) is 0. The quantitative estimate of drug-likeness (QED) is 0.764. The summed E-state index contributed by atoms with van der Waals surface area (Å²) in [5.41, 5.74) is -0.680.